The molecular formula is C20H22ClN3OS. The number of fused-ring (bicyclic) bond motifs is 1. The molecule has 4 rings (SSSR count). The summed E-state index contributed by atoms with van der Waals surface area (Å²) < 4.78 is 5.78. The molecule has 1 spiro atoms. The lowest BCUT2D eigenvalue weighted by Gasteiger charge is -2.43. The van der Waals surface area contributed by atoms with E-state index in [1.807, 2.05) is 42.1 Å². The Balaban J connectivity index is 1.49. The fourth-order valence-corrected chi connectivity index (χ4v) is 4.79. The van der Waals surface area contributed by atoms with Crippen molar-refractivity contribution >= 4 is 40.6 Å². The molecule has 6 heteroatoms. The smallest absolute Gasteiger partial charge is 0.137 e. The fourth-order valence-electron chi connectivity index (χ4n) is 3.41. The van der Waals surface area contributed by atoms with Gasteiger partial charge in [-0.1, -0.05) is 35.9 Å². The minimum atomic E-state index is -0.0933. The molecule has 0 radical (unpaired) electrons. The predicted molar refractivity (Wildman–Crippen MR) is 112 cm³/mol. The molecule has 26 heavy (non-hydrogen) atoms. The van der Waals surface area contributed by atoms with Gasteiger partial charge >= 0.3 is 0 Å². The first-order chi connectivity index (χ1) is 12.8. The van der Waals surface area contributed by atoms with Crippen LogP contribution in [0.25, 0.3) is 0 Å². The summed E-state index contributed by atoms with van der Waals surface area (Å²) in [5, 5.41) is 7.96. The van der Waals surface area contributed by atoms with Crippen LogP contribution in [0.5, 0.6) is 5.75 Å². The quantitative estimate of drug-likeness (QED) is 0.731. The van der Waals surface area contributed by atoms with Gasteiger partial charge in [0.25, 0.3) is 0 Å². The topological polar surface area (TPSA) is 45.6 Å². The SMILES string of the molecule is Clc1ccccc1OCCN=C1Nc2ccccc2NC12CCSCC2. The van der Waals surface area contributed by atoms with Crippen molar-refractivity contribution in [1.29, 1.82) is 0 Å². The molecule has 2 N–H and O–H groups in total. The lowest BCUT2D eigenvalue weighted by atomic mass is 9.87. The highest BCUT2D eigenvalue weighted by atomic mass is 35.5. The van der Waals surface area contributed by atoms with E-state index in [0.29, 0.717) is 23.9 Å². The molecule has 2 heterocycles. The molecule has 0 atom stereocenters. The van der Waals surface area contributed by atoms with Crippen molar-refractivity contribution in [2.24, 2.45) is 4.99 Å². The van der Waals surface area contributed by atoms with Crippen LogP contribution in [0.2, 0.25) is 5.02 Å². The van der Waals surface area contributed by atoms with Crippen LogP contribution < -0.4 is 15.4 Å². The van der Waals surface area contributed by atoms with E-state index in [4.69, 9.17) is 21.3 Å². The third kappa shape index (κ3) is 3.64. The largest absolute Gasteiger partial charge is 0.490 e. The van der Waals surface area contributed by atoms with Crippen LogP contribution in [0.3, 0.4) is 0 Å². The van der Waals surface area contributed by atoms with Crippen LogP contribution in [0.15, 0.2) is 53.5 Å². The molecule has 0 aliphatic carbocycles. The van der Waals surface area contributed by atoms with Gasteiger partial charge in [-0.2, -0.15) is 11.8 Å². The number of aliphatic imine (C=N–C) groups is 1. The number of nitrogens with zero attached hydrogens (tertiary/aromatic N) is 1. The van der Waals surface area contributed by atoms with E-state index in [1.165, 1.54) is 0 Å². The standard InChI is InChI=1S/C20H22ClN3OS/c21-15-5-1-4-8-18(15)25-12-11-22-19-20(9-13-26-14-10-20)24-17-7-3-2-6-16(17)23-19/h1-8,24H,9-14H2,(H,22,23). The van der Waals surface area contributed by atoms with Gasteiger partial charge in [0.15, 0.2) is 0 Å². The zero-order valence-corrected chi connectivity index (χ0v) is 16.1. The van der Waals surface area contributed by atoms with E-state index in [0.717, 1.165) is 41.6 Å². The predicted octanol–water partition coefficient (Wildman–Crippen LogP) is 4.92. The number of para-hydroxylation sites is 3. The van der Waals surface area contributed by atoms with Crippen molar-refractivity contribution in [2.75, 3.05) is 35.3 Å². The second kappa shape index (κ2) is 7.80. The molecule has 0 aromatic heterocycles. The highest BCUT2D eigenvalue weighted by Crippen LogP contribution is 2.38. The number of rotatable bonds is 4. The molecule has 0 bridgehead atoms. The maximum atomic E-state index is 6.14. The van der Waals surface area contributed by atoms with E-state index < -0.39 is 0 Å². The maximum absolute atomic E-state index is 6.14. The van der Waals surface area contributed by atoms with E-state index in [9.17, 15) is 0 Å². The summed E-state index contributed by atoms with van der Waals surface area (Å²) in [5.74, 6) is 4.02. The van der Waals surface area contributed by atoms with Crippen LogP contribution in [0, 0.1) is 0 Å². The molecule has 1 fully saturated rings. The number of hydrogen-bond donors (Lipinski definition) is 2. The third-order valence-electron chi connectivity index (χ3n) is 4.81. The number of halogens is 1. The molecule has 2 aliphatic rings. The zero-order valence-electron chi connectivity index (χ0n) is 14.5. The van der Waals surface area contributed by atoms with Gasteiger partial charge in [0.1, 0.15) is 18.2 Å². The summed E-state index contributed by atoms with van der Waals surface area (Å²) in [4.78, 5) is 4.87. The summed E-state index contributed by atoms with van der Waals surface area (Å²) in [6.07, 6.45) is 2.15. The number of thioether (sulfide) groups is 1. The van der Waals surface area contributed by atoms with Gasteiger partial charge < -0.3 is 15.4 Å². The van der Waals surface area contributed by atoms with Gasteiger partial charge in [0, 0.05) is 0 Å². The number of hydrogen-bond acceptors (Lipinski definition) is 4. The Morgan fingerprint density at radius 1 is 1.04 bits per heavy atom. The number of amidine groups is 1. The monoisotopic (exact) mass is 387 g/mol. The first-order valence-electron chi connectivity index (χ1n) is 8.91. The van der Waals surface area contributed by atoms with Crippen molar-refractivity contribution in [1.82, 2.24) is 0 Å². The van der Waals surface area contributed by atoms with Gasteiger partial charge in [0.05, 0.1) is 28.5 Å². The van der Waals surface area contributed by atoms with Crippen molar-refractivity contribution in [3.05, 3.63) is 53.6 Å². The Bertz CT molecular complexity index is 805. The normalized spacial score (nSPS) is 19.5. The minimum Gasteiger partial charge on any atom is -0.490 e. The first kappa shape index (κ1) is 17.6. The lowest BCUT2D eigenvalue weighted by molar-refractivity contribution is 0.328. The number of ether oxygens (including phenoxy) is 1. The maximum Gasteiger partial charge on any atom is 0.137 e. The number of anilines is 2. The number of nitrogens with one attached hydrogen (secondary N) is 2. The summed E-state index contributed by atoms with van der Waals surface area (Å²) in [6.45, 7) is 1.09. The molecule has 0 unspecified atom stereocenters. The van der Waals surface area contributed by atoms with Gasteiger partial charge in [-0.25, -0.2) is 0 Å². The Labute approximate surface area is 163 Å². The van der Waals surface area contributed by atoms with Gasteiger partial charge in [-0.05, 0) is 48.6 Å². The Morgan fingerprint density at radius 2 is 1.77 bits per heavy atom. The van der Waals surface area contributed by atoms with Crippen molar-refractivity contribution < 1.29 is 4.74 Å². The zero-order chi connectivity index (χ0) is 17.8. The fraction of sp³-hybridized carbons (Fsp3) is 0.350. The highest BCUT2D eigenvalue weighted by molar-refractivity contribution is 7.99. The van der Waals surface area contributed by atoms with E-state index in [2.05, 4.69) is 28.8 Å². The highest BCUT2D eigenvalue weighted by Gasteiger charge is 2.40. The second-order valence-corrected chi connectivity index (χ2v) is 8.13. The third-order valence-corrected chi connectivity index (χ3v) is 6.11. The minimum absolute atomic E-state index is 0.0933. The molecule has 0 amide bonds. The van der Waals surface area contributed by atoms with E-state index in [1.54, 1.807) is 0 Å². The van der Waals surface area contributed by atoms with Gasteiger partial charge in [0.2, 0.25) is 0 Å². The molecule has 2 aromatic carbocycles. The molecule has 4 nitrogen and oxygen atoms in total. The molecule has 1 saturated heterocycles. The molecule has 0 saturated carbocycles. The van der Waals surface area contributed by atoms with Crippen LogP contribution >= 0.6 is 23.4 Å². The van der Waals surface area contributed by atoms with Crippen LogP contribution in [0.4, 0.5) is 11.4 Å². The molecule has 136 valence electrons. The summed E-state index contributed by atoms with van der Waals surface area (Å²) in [7, 11) is 0. The van der Waals surface area contributed by atoms with Crippen molar-refractivity contribution in [2.45, 2.75) is 18.4 Å². The molecular weight excluding hydrogens is 366 g/mol. The van der Waals surface area contributed by atoms with Gasteiger partial charge in [-0.15, -0.1) is 0 Å². The Kier molecular flexibility index (Phi) is 5.27. The van der Waals surface area contributed by atoms with E-state index >= 15 is 0 Å². The Hall–Kier alpha value is -1.85. The van der Waals surface area contributed by atoms with Gasteiger partial charge in [-0.3, -0.25) is 4.99 Å². The molecule has 2 aliphatic heterocycles. The van der Waals surface area contributed by atoms with Crippen LogP contribution in [-0.4, -0.2) is 36.0 Å². The lowest BCUT2D eigenvalue weighted by Crippen LogP contribution is -2.54. The summed E-state index contributed by atoms with van der Waals surface area (Å²) in [5.41, 5.74) is 2.15. The molecule has 2 aromatic rings. The van der Waals surface area contributed by atoms with E-state index in [-0.39, 0.29) is 5.54 Å². The average molecular weight is 388 g/mol. The summed E-state index contributed by atoms with van der Waals surface area (Å²) >= 11 is 8.15. The second-order valence-electron chi connectivity index (χ2n) is 6.50. The number of benzene rings is 2. The van der Waals surface area contributed by atoms with Crippen LogP contribution in [-0.2, 0) is 0 Å². The van der Waals surface area contributed by atoms with Crippen molar-refractivity contribution in [3.63, 3.8) is 0 Å². The van der Waals surface area contributed by atoms with Crippen LogP contribution in [0.1, 0.15) is 12.8 Å². The first-order valence-corrected chi connectivity index (χ1v) is 10.4. The Morgan fingerprint density at radius 3 is 2.58 bits per heavy atom. The average Bonchev–Trinajstić information content (AvgIpc) is 2.67. The van der Waals surface area contributed by atoms with Crippen molar-refractivity contribution in [3.8, 4) is 5.75 Å². The summed E-state index contributed by atoms with van der Waals surface area (Å²) in [6, 6.07) is 15.9.